The highest BCUT2D eigenvalue weighted by molar-refractivity contribution is 7.18. The number of nitrogens with one attached hydrogen (secondary N) is 1. The van der Waals surface area contributed by atoms with Gasteiger partial charge in [0.2, 0.25) is 0 Å². The number of hydrogen-bond acceptors (Lipinski definition) is 5. The molecule has 0 unspecified atom stereocenters. The summed E-state index contributed by atoms with van der Waals surface area (Å²) in [5.74, 6) is 1.62. The van der Waals surface area contributed by atoms with Crippen LogP contribution in [0.3, 0.4) is 0 Å². The minimum Gasteiger partial charge on any atom is -0.456 e. The number of esters is 1. The van der Waals surface area contributed by atoms with Crippen LogP contribution in [0.4, 0.5) is 0 Å². The largest absolute Gasteiger partial charge is 0.456 e. The number of amides is 1. The molecule has 4 fully saturated rings. The van der Waals surface area contributed by atoms with Gasteiger partial charge in [0.15, 0.2) is 12.4 Å². The van der Waals surface area contributed by atoms with Gasteiger partial charge < -0.3 is 10.1 Å². The van der Waals surface area contributed by atoms with Crippen LogP contribution in [0, 0.1) is 23.2 Å². The Bertz CT molecular complexity index is 739. The Hall–Kier alpha value is -1.40. The number of ether oxygens (including phenoxy) is 1. The predicted molar refractivity (Wildman–Crippen MR) is 107 cm³/mol. The fourth-order valence-electron chi connectivity index (χ4n) is 5.86. The fraction of sp³-hybridized carbons (Fsp3) is 0.667. The molecule has 0 radical (unpaired) electrons. The smallest absolute Gasteiger partial charge is 0.306 e. The van der Waals surface area contributed by atoms with Crippen LogP contribution in [-0.2, 0) is 14.3 Å². The molecular weight excluding hydrogens is 398 g/mol. The third-order valence-electron chi connectivity index (χ3n) is 6.59. The molecule has 0 aromatic carbocycles. The Morgan fingerprint density at radius 2 is 1.71 bits per heavy atom. The van der Waals surface area contributed by atoms with Gasteiger partial charge in [-0.2, -0.15) is 0 Å². The van der Waals surface area contributed by atoms with Crippen LogP contribution in [-0.4, -0.2) is 30.8 Å². The van der Waals surface area contributed by atoms with Crippen molar-refractivity contribution < 1.29 is 19.1 Å². The highest BCUT2D eigenvalue weighted by Gasteiger charge is 2.50. The maximum Gasteiger partial charge on any atom is 0.306 e. The summed E-state index contributed by atoms with van der Waals surface area (Å²) in [7, 11) is 0. The van der Waals surface area contributed by atoms with Gasteiger partial charge in [0, 0.05) is 13.0 Å². The van der Waals surface area contributed by atoms with Gasteiger partial charge in [-0.15, -0.1) is 11.3 Å². The first kappa shape index (κ1) is 19.9. The van der Waals surface area contributed by atoms with Crippen LogP contribution in [0.2, 0.25) is 4.34 Å². The molecule has 1 amide bonds. The van der Waals surface area contributed by atoms with E-state index in [2.05, 4.69) is 5.32 Å². The van der Waals surface area contributed by atoms with Crippen molar-refractivity contribution in [1.82, 2.24) is 5.32 Å². The normalized spacial score (nSPS) is 30.2. The first-order valence-electron chi connectivity index (χ1n) is 10.1. The summed E-state index contributed by atoms with van der Waals surface area (Å²) >= 11 is 7.01. The minimum atomic E-state index is -0.527. The first-order chi connectivity index (χ1) is 13.4. The number of ketones is 1. The van der Waals surface area contributed by atoms with E-state index in [0.717, 1.165) is 17.8 Å². The summed E-state index contributed by atoms with van der Waals surface area (Å²) in [6, 6.07) is 3.31. The molecule has 1 N–H and O–H groups in total. The summed E-state index contributed by atoms with van der Waals surface area (Å²) in [4.78, 5) is 36.5. The summed E-state index contributed by atoms with van der Waals surface area (Å²) in [6.45, 7) is 0.425. The third kappa shape index (κ3) is 4.60. The lowest BCUT2D eigenvalue weighted by atomic mass is 9.49. The first-order valence-corrected chi connectivity index (χ1v) is 11.3. The molecule has 0 atom stereocenters. The maximum absolute atomic E-state index is 12.1. The molecule has 5 rings (SSSR count). The van der Waals surface area contributed by atoms with Crippen molar-refractivity contribution in [3.8, 4) is 0 Å². The molecule has 0 spiro atoms. The van der Waals surface area contributed by atoms with Gasteiger partial charge in [-0.1, -0.05) is 11.6 Å². The number of Topliss-reactive ketones (excluding diaryl/α,β-unsaturated/α-hetero) is 1. The number of hydrogen-bond donors (Lipinski definition) is 1. The van der Waals surface area contributed by atoms with Gasteiger partial charge in [-0.05, 0) is 73.8 Å². The number of carbonyl (C=O) groups excluding carboxylic acids is 3. The zero-order chi connectivity index (χ0) is 19.7. The molecule has 4 saturated carbocycles. The second-order valence-electron chi connectivity index (χ2n) is 8.88. The molecule has 1 heterocycles. The van der Waals surface area contributed by atoms with Gasteiger partial charge in [-0.3, -0.25) is 14.4 Å². The summed E-state index contributed by atoms with van der Waals surface area (Å²) in [5.41, 5.74) is 0.267. The fourth-order valence-corrected chi connectivity index (χ4v) is 6.88. The topological polar surface area (TPSA) is 72.5 Å². The molecule has 0 saturated heterocycles. The predicted octanol–water partition coefficient (Wildman–Crippen LogP) is 4.24. The Kier molecular flexibility index (Phi) is 5.79. The monoisotopic (exact) mass is 423 g/mol. The van der Waals surface area contributed by atoms with Crippen LogP contribution in [0.15, 0.2) is 12.1 Å². The van der Waals surface area contributed by atoms with E-state index in [-0.39, 0.29) is 36.6 Å². The molecule has 5 nitrogen and oxygen atoms in total. The molecule has 152 valence electrons. The highest BCUT2D eigenvalue weighted by atomic mass is 35.5. The molecule has 0 aliphatic heterocycles. The van der Waals surface area contributed by atoms with Gasteiger partial charge >= 0.3 is 5.97 Å². The molecule has 28 heavy (non-hydrogen) atoms. The third-order valence-corrected chi connectivity index (χ3v) is 7.87. The summed E-state index contributed by atoms with van der Waals surface area (Å²) < 4.78 is 5.58. The van der Waals surface area contributed by atoms with E-state index in [1.165, 1.54) is 49.9 Å². The molecular formula is C21H26ClNO4S. The van der Waals surface area contributed by atoms with Gasteiger partial charge in [-0.25, -0.2) is 0 Å². The number of halogens is 1. The van der Waals surface area contributed by atoms with E-state index in [1.54, 1.807) is 12.1 Å². The van der Waals surface area contributed by atoms with Crippen molar-refractivity contribution in [3.63, 3.8) is 0 Å². The second-order valence-corrected chi connectivity index (χ2v) is 10.6. The highest BCUT2D eigenvalue weighted by Crippen LogP contribution is 2.59. The van der Waals surface area contributed by atoms with Crippen molar-refractivity contribution in [2.75, 3.05) is 13.2 Å². The SMILES string of the molecule is O=C(COC(=O)CCC(=O)c1ccc(Cl)s1)NCC12CC3CC(CC(C3)C1)C2. The van der Waals surface area contributed by atoms with Crippen molar-refractivity contribution in [3.05, 3.63) is 21.3 Å². The Morgan fingerprint density at radius 1 is 1.07 bits per heavy atom. The van der Waals surface area contributed by atoms with E-state index >= 15 is 0 Å². The zero-order valence-corrected chi connectivity index (χ0v) is 17.4. The number of rotatable bonds is 8. The molecule has 4 bridgehead atoms. The summed E-state index contributed by atoms with van der Waals surface area (Å²) in [6.07, 6.45) is 7.85. The Morgan fingerprint density at radius 3 is 2.29 bits per heavy atom. The quantitative estimate of drug-likeness (QED) is 0.501. The van der Waals surface area contributed by atoms with Crippen LogP contribution < -0.4 is 5.32 Å². The van der Waals surface area contributed by atoms with Crippen molar-refractivity contribution in [2.45, 2.75) is 51.4 Å². The van der Waals surface area contributed by atoms with E-state index < -0.39 is 5.97 Å². The van der Waals surface area contributed by atoms with E-state index in [4.69, 9.17) is 16.3 Å². The lowest BCUT2D eigenvalue weighted by molar-refractivity contribution is -0.148. The van der Waals surface area contributed by atoms with Crippen molar-refractivity contribution in [1.29, 1.82) is 0 Å². The maximum atomic E-state index is 12.1. The van der Waals surface area contributed by atoms with E-state index in [0.29, 0.717) is 15.8 Å². The number of thiophene rings is 1. The minimum absolute atomic E-state index is 0.0311. The van der Waals surface area contributed by atoms with Crippen LogP contribution in [0.25, 0.3) is 0 Å². The van der Waals surface area contributed by atoms with E-state index in [9.17, 15) is 14.4 Å². The van der Waals surface area contributed by atoms with Gasteiger partial charge in [0.25, 0.3) is 5.91 Å². The Labute approximate surface area is 174 Å². The number of carbonyl (C=O) groups is 3. The van der Waals surface area contributed by atoms with Gasteiger partial charge in [0.05, 0.1) is 15.6 Å². The van der Waals surface area contributed by atoms with Crippen LogP contribution in [0.5, 0.6) is 0 Å². The lowest BCUT2D eigenvalue weighted by Gasteiger charge is -2.56. The van der Waals surface area contributed by atoms with Crippen molar-refractivity contribution in [2.24, 2.45) is 23.2 Å². The average molecular weight is 424 g/mol. The van der Waals surface area contributed by atoms with Crippen molar-refractivity contribution >= 4 is 40.6 Å². The lowest BCUT2D eigenvalue weighted by Crippen LogP contribution is -2.51. The summed E-state index contributed by atoms with van der Waals surface area (Å²) in [5, 5.41) is 2.99. The molecule has 1 aromatic rings. The molecule has 4 aliphatic rings. The molecule has 7 heteroatoms. The van der Waals surface area contributed by atoms with Crippen LogP contribution in [0.1, 0.15) is 61.0 Å². The standard InChI is InChI=1S/C21H26ClNO4S/c22-18-3-2-17(28-18)16(24)1-4-20(26)27-11-19(25)23-12-21-8-13-5-14(9-21)7-15(6-13)10-21/h2-3,13-15H,1,4-12H2,(H,23,25). The second kappa shape index (κ2) is 8.15. The van der Waals surface area contributed by atoms with E-state index in [1.807, 2.05) is 0 Å². The molecule has 1 aromatic heterocycles. The zero-order valence-electron chi connectivity index (χ0n) is 15.9. The van der Waals surface area contributed by atoms with Crippen LogP contribution >= 0.6 is 22.9 Å². The molecule has 4 aliphatic carbocycles. The Balaban J connectivity index is 1.16. The average Bonchev–Trinajstić information content (AvgIpc) is 3.08. The van der Waals surface area contributed by atoms with Gasteiger partial charge in [0.1, 0.15) is 0 Å².